The summed E-state index contributed by atoms with van der Waals surface area (Å²) in [7, 11) is -2.33. The molecule has 16 heteroatoms. The van der Waals surface area contributed by atoms with Crippen molar-refractivity contribution in [2.24, 2.45) is 23.2 Å². The maximum atomic E-state index is 14.7. The van der Waals surface area contributed by atoms with Gasteiger partial charge in [-0.15, -0.1) is 0 Å². The maximum absolute atomic E-state index is 14.7. The van der Waals surface area contributed by atoms with Crippen LogP contribution < -0.4 is 20.1 Å². The van der Waals surface area contributed by atoms with Crippen molar-refractivity contribution in [1.82, 2.24) is 30.1 Å². The van der Waals surface area contributed by atoms with Crippen molar-refractivity contribution >= 4 is 39.7 Å². The second-order valence-corrected chi connectivity index (χ2v) is 19.5. The van der Waals surface area contributed by atoms with Gasteiger partial charge in [0.25, 0.3) is 11.8 Å². The summed E-state index contributed by atoms with van der Waals surface area (Å²) < 4.78 is 38.8. The molecule has 3 aliphatic heterocycles. The quantitative estimate of drug-likeness (QED) is 0.330. The van der Waals surface area contributed by atoms with Crippen LogP contribution in [0, 0.1) is 23.2 Å². The Labute approximate surface area is 339 Å². The molecule has 4 fully saturated rings. The Morgan fingerprint density at radius 1 is 0.983 bits per heavy atom. The number of methoxy groups -OCH3 is 1. The lowest BCUT2D eigenvalue weighted by molar-refractivity contribution is -0.142. The molecule has 1 aromatic carbocycles. The third-order valence-corrected chi connectivity index (χ3v) is 13.6. The van der Waals surface area contributed by atoms with Crippen molar-refractivity contribution in [1.29, 1.82) is 0 Å². The van der Waals surface area contributed by atoms with Crippen LogP contribution in [0.25, 0.3) is 11.3 Å². The van der Waals surface area contributed by atoms with E-state index < -0.39 is 68.5 Å². The molecule has 58 heavy (non-hydrogen) atoms. The van der Waals surface area contributed by atoms with Crippen molar-refractivity contribution in [3.63, 3.8) is 0 Å². The highest BCUT2D eigenvalue weighted by Gasteiger charge is 2.63. The van der Waals surface area contributed by atoms with E-state index in [1.165, 1.54) is 4.90 Å². The number of rotatable bonds is 8. The molecule has 2 aliphatic carbocycles. The van der Waals surface area contributed by atoms with E-state index in [9.17, 15) is 32.4 Å². The number of amides is 5. The number of hydrogen-bond donors (Lipinski definition) is 3. The van der Waals surface area contributed by atoms with Crippen LogP contribution in [0.5, 0.6) is 5.75 Å². The molecular formula is C42H54N6O9S. The van der Waals surface area contributed by atoms with Gasteiger partial charge in [-0.25, -0.2) is 18.2 Å². The molecule has 5 amide bonds. The number of nitrogens with zero attached hydrogens (tertiary/aromatic N) is 3. The lowest BCUT2D eigenvalue weighted by atomic mass is 9.93. The summed E-state index contributed by atoms with van der Waals surface area (Å²) in [6.07, 6.45) is 7.38. The molecule has 0 radical (unpaired) electrons. The number of hydrogen-bond acceptors (Lipinski definition) is 10. The first-order chi connectivity index (χ1) is 27.6. The van der Waals surface area contributed by atoms with Crippen LogP contribution in [0.1, 0.15) is 82.6 Å². The molecule has 2 saturated heterocycles. The van der Waals surface area contributed by atoms with Crippen molar-refractivity contribution in [3.8, 4) is 17.0 Å². The van der Waals surface area contributed by atoms with Gasteiger partial charge >= 0.3 is 6.09 Å². The molecule has 7 rings (SSSR count). The number of sulfonamides is 1. The molecule has 0 unspecified atom stereocenters. The Hall–Kier alpha value is -4.99. The van der Waals surface area contributed by atoms with E-state index in [2.05, 4.69) is 20.3 Å². The topological polar surface area (TPSA) is 193 Å². The summed E-state index contributed by atoms with van der Waals surface area (Å²) in [5, 5.41) is 5.06. The number of ether oxygens (including phenoxy) is 2. The molecule has 4 heterocycles. The van der Waals surface area contributed by atoms with E-state index in [4.69, 9.17) is 9.47 Å². The number of benzene rings is 1. The molecule has 312 valence electrons. The molecule has 0 bridgehead atoms. The summed E-state index contributed by atoms with van der Waals surface area (Å²) in [5.41, 5.74) is -0.201. The van der Waals surface area contributed by atoms with Crippen LogP contribution in [0.3, 0.4) is 0 Å². The minimum atomic E-state index is -3.92. The lowest BCUT2D eigenvalue weighted by Gasteiger charge is -2.33. The predicted octanol–water partition coefficient (Wildman–Crippen LogP) is 3.80. The third kappa shape index (κ3) is 9.01. The Balaban J connectivity index is 1.16. The van der Waals surface area contributed by atoms with Crippen LogP contribution in [0.2, 0.25) is 0 Å². The molecule has 5 aliphatic rings. The Bertz CT molecular complexity index is 2060. The highest BCUT2D eigenvalue weighted by molar-refractivity contribution is 7.91. The van der Waals surface area contributed by atoms with Gasteiger partial charge in [-0.3, -0.25) is 23.9 Å². The van der Waals surface area contributed by atoms with Gasteiger partial charge in [0, 0.05) is 43.0 Å². The molecule has 6 atom stereocenters. The van der Waals surface area contributed by atoms with Crippen molar-refractivity contribution in [2.45, 2.75) is 95.0 Å². The minimum absolute atomic E-state index is 0.124. The Morgan fingerprint density at radius 3 is 2.45 bits per heavy atom. The van der Waals surface area contributed by atoms with E-state index in [1.54, 1.807) is 24.1 Å². The molecule has 0 spiro atoms. The fourth-order valence-corrected chi connectivity index (χ4v) is 9.70. The smallest absolute Gasteiger partial charge is 0.407 e. The highest BCUT2D eigenvalue weighted by atomic mass is 32.2. The minimum Gasteiger partial charge on any atom is -0.497 e. The van der Waals surface area contributed by atoms with Gasteiger partial charge < -0.3 is 29.9 Å². The number of carbonyl (C=O) groups is 5. The van der Waals surface area contributed by atoms with Crippen molar-refractivity contribution in [2.75, 3.05) is 33.4 Å². The number of likely N-dealkylation sites (tertiary alicyclic amines) is 1. The Kier molecular flexibility index (Phi) is 11.6. The monoisotopic (exact) mass is 818 g/mol. The fraction of sp³-hybridized carbons (Fsp3) is 0.571. The molecular weight excluding hydrogens is 765 g/mol. The first-order valence-electron chi connectivity index (χ1n) is 20.3. The summed E-state index contributed by atoms with van der Waals surface area (Å²) in [6.45, 7) is 6.41. The third-order valence-electron chi connectivity index (χ3n) is 11.8. The van der Waals surface area contributed by atoms with Gasteiger partial charge in [0.05, 0.1) is 24.7 Å². The second-order valence-electron chi connectivity index (χ2n) is 17.6. The van der Waals surface area contributed by atoms with Gasteiger partial charge in [0.15, 0.2) is 0 Å². The number of alkyl carbamates (subject to hydrolysis) is 1. The largest absolute Gasteiger partial charge is 0.497 e. The van der Waals surface area contributed by atoms with Crippen LogP contribution in [-0.2, 0) is 29.1 Å². The van der Waals surface area contributed by atoms with Gasteiger partial charge in [-0.2, -0.15) is 0 Å². The van der Waals surface area contributed by atoms with Crippen LogP contribution in [0.4, 0.5) is 4.79 Å². The number of allylic oxidation sites excluding steroid dienone is 1. The summed E-state index contributed by atoms with van der Waals surface area (Å²) >= 11 is 0. The number of aromatic nitrogens is 1. The van der Waals surface area contributed by atoms with Crippen LogP contribution in [-0.4, -0.2) is 109 Å². The maximum Gasteiger partial charge on any atom is 0.407 e. The fourth-order valence-electron chi connectivity index (χ4n) is 8.34. The molecule has 2 aromatic rings. The average molecular weight is 819 g/mol. The second kappa shape index (κ2) is 16.3. The zero-order valence-corrected chi connectivity index (χ0v) is 34.4. The van der Waals surface area contributed by atoms with Crippen molar-refractivity contribution < 1.29 is 41.9 Å². The average Bonchev–Trinajstić information content (AvgIpc) is 4.09. The highest BCUT2D eigenvalue weighted by Crippen LogP contribution is 2.47. The summed E-state index contributed by atoms with van der Waals surface area (Å²) in [5.74, 6) is -2.79. The van der Waals surface area contributed by atoms with E-state index in [0.717, 1.165) is 18.4 Å². The zero-order chi connectivity index (χ0) is 41.4. The number of pyridine rings is 1. The lowest BCUT2D eigenvalue weighted by Crippen LogP contribution is -2.60. The Morgan fingerprint density at radius 2 is 1.74 bits per heavy atom. The normalized spacial score (nSPS) is 28.1. The van der Waals surface area contributed by atoms with Crippen molar-refractivity contribution in [3.05, 3.63) is 60.3 Å². The van der Waals surface area contributed by atoms with Gasteiger partial charge in [0.1, 0.15) is 29.1 Å². The van der Waals surface area contributed by atoms with E-state index >= 15 is 0 Å². The van der Waals surface area contributed by atoms with E-state index in [1.807, 2.05) is 63.3 Å². The van der Waals surface area contributed by atoms with Crippen LogP contribution in [0.15, 0.2) is 54.6 Å². The number of carbonyl (C=O) groups excluding carboxylic acids is 5. The van der Waals surface area contributed by atoms with Gasteiger partial charge in [-0.1, -0.05) is 51.8 Å². The standard InChI is InChI=1S/C42H54N6O9S/c1-41(2,3)25-57-40(53)44-34-12-9-7-5-6-8-11-28-21-42(28,39(52)46-58(54,55)30-19-20-30)45-36(49)35-31-24-47(22-27(31)23-48(35)38(34)51)37(50)33-14-10-13-32(43-33)26-15-17-29(56-4)18-16-26/h8,10-11,13-18,27-28,30-31,34-35H,5-7,9,12,19-25H2,1-4H3,(H,44,53)(H,45,49)(H,46,52)/b11-8-/t27-,28-,31-,34-,35-,42+/m0/s1. The summed E-state index contributed by atoms with van der Waals surface area (Å²) in [6, 6.07) is 10.5. The predicted molar refractivity (Wildman–Crippen MR) is 214 cm³/mol. The van der Waals surface area contributed by atoms with Crippen LogP contribution >= 0.6 is 0 Å². The first kappa shape index (κ1) is 41.2. The summed E-state index contributed by atoms with van der Waals surface area (Å²) in [4.78, 5) is 78.1. The van der Waals surface area contributed by atoms with E-state index in [0.29, 0.717) is 43.5 Å². The SMILES string of the molecule is COc1ccc(-c2cccc(C(=O)N3C[C@H]4CN5C(=O)[C@@H](NC(=O)OCC(C)(C)C)CCCCC/C=C\[C@H]6C[C@@]6(C(=O)NS(=O)(=O)C6CC6)NC(=O)[C@@H]5[C@H]4C3)n2)cc1. The molecule has 15 nitrogen and oxygen atoms in total. The van der Waals surface area contributed by atoms with E-state index in [-0.39, 0.29) is 55.6 Å². The number of fused-ring (bicyclic) bond motifs is 4. The van der Waals surface area contributed by atoms with Gasteiger partial charge in [-0.05, 0) is 80.3 Å². The molecule has 1 aromatic heterocycles. The zero-order valence-electron chi connectivity index (χ0n) is 33.6. The first-order valence-corrected chi connectivity index (χ1v) is 21.8. The number of nitrogens with one attached hydrogen (secondary N) is 3. The molecule has 2 saturated carbocycles. The molecule has 3 N–H and O–H groups in total. The van der Waals surface area contributed by atoms with Gasteiger partial charge in [0.2, 0.25) is 21.8 Å².